The van der Waals surface area contributed by atoms with Gasteiger partial charge in [0.1, 0.15) is 5.69 Å². The van der Waals surface area contributed by atoms with E-state index >= 15 is 0 Å². The average Bonchev–Trinajstić information content (AvgIpc) is 2.96. The standard InChI is InChI=1S/C18H24N4O2/c1-13(2)18(23)22-9-15(17-16(10-22)19-20-21(17)3)12-24-11-14-7-5-4-6-8-14/h4-8,13,15H,9-12H2,1-3H3. The number of amides is 1. The van der Waals surface area contributed by atoms with Crippen molar-refractivity contribution in [3.8, 4) is 0 Å². The Bertz CT molecular complexity index is 696. The molecule has 1 amide bonds. The van der Waals surface area contributed by atoms with E-state index in [1.165, 1.54) is 0 Å². The summed E-state index contributed by atoms with van der Waals surface area (Å²) in [6.07, 6.45) is 0. The zero-order chi connectivity index (χ0) is 17.1. The third kappa shape index (κ3) is 3.48. The Kier molecular flexibility index (Phi) is 4.94. The molecule has 0 saturated carbocycles. The molecule has 6 heteroatoms. The highest BCUT2D eigenvalue weighted by atomic mass is 16.5. The quantitative estimate of drug-likeness (QED) is 0.843. The molecule has 1 aliphatic heterocycles. The highest BCUT2D eigenvalue weighted by Crippen LogP contribution is 2.28. The van der Waals surface area contributed by atoms with Gasteiger partial charge >= 0.3 is 0 Å². The zero-order valence-electron chi connectivity index (χ0n) is 14.5. The number of aromatic nitrogens is 3. The van der Waals surface area contributed by atoms with Crippen LogP contribution in [0.15, 0.2) is 30.3 Å². The first-order valence-electron chi connectivity index (χ1n) is 8.35. The summed E-state index contributed by atoms with van der Waals surface area (Å²) in [7, 11) is 1.90. The van der Waals surface area contributed by atoms with Gasteiger partial charge in [-0.15, -0.1) is 5.10 Å². The second kappa shape index (κ2) is 7.13. The summed E-state index contributed by atoms with van der Waals surface area (Å²) >= 11 is 0. The summed E-state index contributed by atoms with van der Waals surface area (Å²) in [6, 6.07) is 10.1. The molecule has 0 saturated heterocycles. The molecule has 3 rings (SSSR count). The van der Waals surface area contributed by atoms with Crippen molar-refractivity contribution < 1.29 is 9.53 Å². The molecule has 1 aromatic carbocycles. The number of nitrogens with zero attached hydrogens (tertiary/aromatic N) is 4. The van der Waals surface area contributed by atoms with E-state index in [-0.39, 0.29) is 17.7 Å². The third-order valence-electron chi connectivity index (χ3n) is 4.35. The van der Waals surface area contributed by atoms with Gasteiger partial charge in [0.2, 0.25) is 5.91 Å². The fourth-order valence-corrected chi connectivity index (χ4v) is 3.18. The van der Waals surface area contributed by atoms with Crippen LogP contribution < -0.4 is 0 Å². The monoisotopic (exact) mass is 328 g/mol. The van der Waals surface area contributed by atoms with Crippen molar-refractivity contribution in [1.29, 1.82) is 0 Å². The molecule has 0 fully saturated rings. The predicted molar refractivity (Wildman–Crippen MR) is 90.1 cm³/mol. The summed E-state index contributed by atoms with van der Waals surface area (Å²) in [5.74, 6) is 0.230. The summed E-state index contributed by atoms with van der Waals surface area (Å²) in [4.78, 5) is 14.3. The Morgan fingerprint density at radius 1 is 1.33 bits per heavy atom. The number of benzene rings is 1. The molecule has 128 valence electrons. The lowest BCUT2D eigenvalue weighted by molar-refractivity contribution is -0.136. The van der Waals surface area contributed by atoms with E-state index in [9.17, 15) is 4.79 Å². The average molecular weight is 328 g/mol. The molecule has 2 aromatic rings. The largest absolute Gasteiger partial charge is 0.376 e. The molecule has 0 aliphatic carbocycles. The van der Waals surface area contributed by atoms with Crippen LogP contribution in [0, 0.1) is 5.92 Å². The first kappa shape index (κ1) is 16.6. The number of ether oxygens (including phenoxy) is 1. The van der Waals surface area contributed by atoms with Crippen LogP contribution in [0.4, 0.5) is 0 Å². The maximum Gasteiger partial charge on any atom is 0.225 e. The van der Waals surface area contributed by atoms with Crippen molar-refractivity contribution >= 4 is 5.91 Å². The molecule has 1 aliphatic rings. The summed E-state index contributed by atoms with van der Waals surface area (Å²) < 4.78 is 7.73. The van der Waals surface area contributed by atoms with Crippen molar-refractivity contribution in [3.05, 3.63) is 47.3 Å². The number of carbonyl (C=O) groups is 1. The van der Waals surface area contributed by atoms with Gasteiger partial charge in [-0.25, -0.2) is 0 Å². The Labute approximate surface area is 142 Å². The van der Waals surface area contributed by atoms with Crippen molar-refractivity contribution in [3.63, 3.8) is 0 Å². The minimum Gasteiger partial charge on any atom is -0.376 e. The van der Waals surface area contributed by atoms with E-state index in [0.29, 0.717) is 26.3 Å². The highest BCUT2D eigenvalue weighted by molar-refractivity contribution is 5.78. The summed E-state index contributed by atoms with van der Waals surface area (Å²) in [6.45, 7) is 6.15. The van der Waals surface area contributed by atoms with Crippen molar-refractivity contribution in [2.45, 2.75) is 32.9 Å². The van der Waals surface area contributed by atoms with Gasteiger partial charge in [0.25, 0.3) is 0 Å². The van der Waals surface area contributed by atoms with Gasteiger partial charge in [-0.05, 0) is 5.56 Å². The van der Waals surface area contributed by atoms with Crippen LogP contribution in [-0.2, 0) is 29.7 Å². The van der Waals surface area contributed by atoms with E-state index in [1.54, 1.807) is 0 Å². The molecule has 6 nitrogen and oxygen atoms in total. The molecular formula is C18H24N4O2. The lowest BCUT2D eigenvalue weighted by Gasteiger charge is -2.33. The number of hydrogen-bond donors (Lipinski definition) is 0. The number of carbonyl (C=O) groups excluding carboxylic acids is 1. The van der Waals surface area contributed by atoms with Gasteiger partial charge in [-0.3, -0.25) is 9.48 Å². The van der Waals surface area contributed by atoms with Crippen LogP contribution in [0.2, 0.25) is 0 Å². The predicted octanol–water partition coefficient (Wildman–Crippen LogP) is 2.11. The molecule has 0 radical (unpaired) electrons. The Balaban J connectivity index is 1.70. The minimum atomic E-state index is -0.0193. The molecule has 1 unspecified atom stereocenters. The number of hydrogen-bond acceptors (Lipinski definition) is 4. The second-order valence-electron chi connectivity index (χ2n) is 6.62. The maximum atomic E-state index is 12.4. The number of aryl methyl sites for hydroxylation is 1. The van der Waals surface area contributed by atoms with Crippen LogP contribution in [0.25, 0.3) is 0 Å². The van der Waals surface area contributed by atoms with E-state index in [0.717, 1.165) is 17.0 Å². The van der Waals surface area contributed by atoms with Gasteiger partial charge in [-0.2, -0.15) is 0 Å². The topological polar surface area (TPSA) is 60.2 Å². The van der Waals surface area contributed by atoms with Crippen LogP contribution in [0.5, 0.6) is 0 Å². The van der Waals surface area contributed by atoms with Gasteiger partial charge in [0, 0.05) is 25.4 Å². The lowest BCUT2D eigenvalue weighted by atomic mass is 9.98. The van der Waals surface area contributed by atoms with E-state index in [2.05, 4.69) is 10.3 Å². The van der Waals surface area contributed by atoms with E-state index in [4.69, 9.17) is 4.74 Å². The van der Waals surface area contributed by atoms with Crippen molar-refractivity contribution in [2.24, 2.45) is 13.0 Å². The Hall–Kier alpha value is -2.21. The van der Waals surface area contributed by atoms with Gasteiger partial charge < -0.3 is 9.64 Å². The fourth-order valence-electron chi connectivity index (χ4n) is 3.18. The molecule has 1 atom stereocenters. The van der Waals surface area contributed by atoms with E-state index in [1.807, 2.05) is 60.8 Å². The fraction of sp³-hybridized carbons (Fsp3) is 0.500. The van der Waals surface area contributed by atoms with Crippen molar-refractivity contribution in [1.82, 2.24) is 19.9 Å². The molecule has 0 spiro atoms. The molecule has 0 bridgehead atoms. The molecular weight excluding hydrogens is 304 g/mol. The smallest absolute Gasteiger partial charge is 0.225 e. The Morgan fingerprint density at radius 2 is 2.08 bits per heavy atom. The maximum absolute atomic E-state index is 12.4. The van der Waals surface area contributed by atoms with Crippen LogP contribution >= 0.6 is 0 Å². The SMILES string of the molecule is CC(C)C(=O)N1Cc2nnn(C)c2C(COCc2ccccc2)C1. The Morgan fingerprint density at radius 3 is 2.79 bits per heavy atom. The van der Waals surface area contributed by atoms with Gasteiger partial charge in [-0.1, -0.05) is 49.4 Å². The molecule has 2 heterocycles. The first-order valence-corrected chi connectivity index (χ1v) is 8.35. The summed E-state index contributed by atoms with van der Waals surface area (Å²) in [5, 5.41) is 8.35. The minimum absolute atomic E-state index is 0.0193. The first-order chi connectivity index (χ1) is 11.6. The molecule has 1 aromatic heterocycles. The molecule has 24 heavy (non-hydrogen) atoms. The number of fused-ring (bicyclic) bond motifs is 1. The highest BCUT2D eigenvalue weighted by Gasteiger charge is 2.33. The number of rotatable bonds is 5. The van der Waals surface area contributed by atoms with E-state index < -0.39 is 0 Å². The third-order valence-corrected chi connectivity index (χ3v) is 4.35. The van der Waals surface area contributed by atoms with Crippen LogP contribution in [0.1, 0.15) is 36.7 Å². The zero-order valence-corrected chi connectivity index (χ0v) is 14.5. The normalized spacial score (nSPS) is 17.2. The van der Waals surface area contributed by atoms with Crippen molar-refractivity contribution in [2.75, 3.05) is 13.2 Å². The molecule has 0 N–H and O–H groups in total. The van der Waals surface area contributed by atoms with Gasteiger partial charge in [0.05, 0.1) is 25.5 Å². The lowest BCUT2D eigenvalue weighted by Crippen LogP contribution is -2.42. The van der Waals surface area contributed by atoms with Crippen LogP contribution in [-0.4, -0.2) is 39.0 Å². The second-order valence-corrected chi connectivity index (χ2v) is 6.62. The van der Waals surface area contributed by atoms with Gasteiger partial charge in [0.15, 0.2) is 0 Å². The summed E-state index contributed by atoms with van der Waals surface area (Å²) in [5.41, 5.74) is 3.11. The van der Waals surface area contributed by atoms with Crippen LogP contribution in [0.3, 0.4) is 0 Å².